The number of hydrogen-bond donors (Lipinski definition) is 2. The molecule has 13 heavy (non-hydrogen) atoms. The summed E-state index contributed by atoms with van der Waals surface area (Å²) in [7, 11) is 0. The van der Waals surface area contributed by atoms with Crippen molar-refractivity contribution in [1.29, 1.82) is 0 Å². The molecule has 2 nitrogen and oxygen atoms in total. The lowest BCUT2D eigenvalue weighted by atomic mass is 10.0. The van der Waals surface area contributed by atoms with E-state index in [1.807, 2.05) is 13.8 Å². The monoisotopic (exact) mass is 308 g/mol. The first-order valence-electron chi connectivity index (χ1n) is 3.85. The smallest absolute Gasteiger partial charge is 0.147 e. The van der Waals surface area contributed by atoms with Crippen molar-refractivity contribution in [2.75, 3.05) is 0 Å². The normalized spacial score (nSPS) is 10.8. The first-order chi connectivity index (χ1) is 5.95. The predicted octanol–water partition coefficient (Wildman–Crippen LogP) is 3.75. The Morgan fingerprint density at radius 1 is 1.15 bits per heavy atom. The summed E-state index contributed by atoms with van der Waals surface area (Å²) in [5.74, 6) is 0.353. The summed E-state index contributed by atoms with van der Waals surface area (Å²) in [6.07, 6.45) is 0. The van der Waals surface area contributed by atoms with Gasteiger partial charge in [0.25, 0.3) is 0 Å². The summed E-state index contributed by atoms with van der Waals surface area (Å²) in [5.41, 5.74) is 0.802. The van der Waals surface area contributed by atoms with Crippen molar-refractivity contribution in [3.05, 3.63) is 20.6 Å². The van der Waals surface area contributed by atoms with Gasteiger partial charge in [0.05, 0.1) is 4.47 Å². The van der Waals surface area contributed by atoms with Crippen molar-refractivity contribution in [2.45, 2.75) is 19.8 Å². The van der Waals surface area contributed by atoms with Crippen LogP contribution in [0.4, 0.5) is 0 Å². The molecule has 0 saturated carbocycles. The zero-order valence-corrected chi connectivity index (χ0v) is 10.5. The molecule has 0 fully saturated rings. The Hall–Kier alpha value is -0.220. The minimum absolute atomic E-state index is 0.0295. The molecule has 0 aliphatic heterocycles. The fourth-order valence-corrected chi connectivity index (χ4v) is 2.21. The molecule has 0 aromatic heterocycles. The van der Waals surface area contributed by atoms with Crippen LogP contribution in [0.3, 0.4) is 0 Å². The molecule has 0 atom stereocenters. The second-order valence-electron chi connectivity index (χ2n) is 3.11. The molecule has 4 heteroatoms. The molecule has 0 aliphatic rings. The van der Waals surface area contributed by atoms with E-state index < -0.39 is 0 Å². The molecule has 0 spiro atoms. The van der Waals surface area contributed by atoms with Gasteiger partial charge in [-0.05, 0) is 49.4 Å². The molecule has 0 heterocycles. The number of phenols is 2. The van der Waals surface area contributed by atoms with Gasteiger partial charge >= 0.3 is 0 Å². The van der Waals surface area contributed by atoms with Gasteiger partial charge in [0.15, 0.2) is 0 Å². The van der Waals surface area contributed by atoms with Gasteiger partial charge in [-0.15, -0.1) is 0 Å². The third-order valence-electron chi connectivity index (χ3n) is 1.82. The molecule has 0 amide bonds. The van der Waals surface area contributed by atoms with E-state index in [2.05, 4.69) is 31.9 Å². The molecular formula is C9H10Br2O2. The fourth-order valence-electron chi connectivity index (χ4n) is 1.06. The second kappa shape index (κ2) is 3.88. The summed E-state index contributed by atoms with van der Waals surface area (Å²) in [5, 5.41) is 19.1. The van der Waals surface area contributed by atoms with Gasteiger partial charge in [0.1, 0.15) is 16.0 Å². The van der Waals surface area contributed by atoms with Crippen LogP contribution in [-0.4, -0.2) is 10.2 Å². The van der Waals surface area contributed by atoms with Crippen LogP contribution < -0.4 is 0 Å². The largest absolute Gasteiger partial charge is 0.506 e. The van der Waals surface area contributed by atoms with Gasteiger partial charge in [0, 0.05) is 0 Å². The van der Waals surface area contributed by atoms with Crippen LogP contribution in [0, 0.1) is 0 Å². The maximum atomic E-state index is 9.65. The number of phenolic OH excluding ortho intramolecular Hbond substituents is 2. The van der Waals surface area contributed by atoms with Crippen LogP contribution in [0.2, 0.25) is 0 Å². The predicted molar refractivity (Wildman–Crippen MR) is 59.3 cm³/mol. The number of halogens is 2. The fraction of sp³-hybridized carbons (Fsp3) is 0.333. The van der Waals surface area contributed by atoms with Gasteiger partial charge < -0.3 is 10.2 Å². The quantitative estimate of drug-likeness (QED) is 0.829. The Kier molecular flexibility index (Phi) is 3.24. The molecule has 0 unspecified atom stereocenters. The molecular weight excluding hydrogens is 300 g/mol. The van der Waals surface area contributed by atoms with Crippen molar-refractivity contribution < 1.29 is 10.2 Å². The first-order valence-corrected chi connectivity index (χ1v) is 5.43. The molecule has 72 valence electrons. The zero-order valence-electron chi connectivity index (χ0n) is 7.31. The highest BCUT2D eigenvalue weighted by Gasteiger charge is 2.15. The Balaban J connectivity index is 3.41. The van der Waals surface area contributed by atoms with Crippen LogP contribution in [0.25, 0.3) is 0 Å². The Morgan fingerprint density at radius 2 is 1.69 bits per heavy atom. The molecule has 1 aromatic carbocycles. The summed E-state index contributed by atoms with van der Waals surface area (Å²) in [6, 6.07) is 1.72. The van der Waals surface area contributed by atoms with Crippen molar-refractivity contribution in [1.82, 2.24) is 0 Å². The first kappa shape index (κ1) is 10.9. The lowest BCUT2D eigenvalue weighted by Gasteiger charge is -2.11. The van der Waals surface area contributed by atoms with Crippen LogP contribution in [0.1, 0.15) is 25.3 Å². The maximum Gasteiger partial charge on any atom is 0.147 e. The third kappa shape index (κ3) is 1.99. The van der Waals surface area contributed by atoms with Crippen LogP contribution in [-0.2, 0) is 0 Å². The van der Waals surface area contributed by atoms with Crippen molar-refractivity contribution >= 4 is 31.9 Å². The van der Waals surface area contributed by atoms with Gasteiger partial charge in [0.2, 0.25) is 0 Å². The maximum absolute atomic E-state index is 9.65. The van der Waals surface area contributed by atoms with E-state index in [4.69, 9.17) is 0 Å². The Bertz CT molecular complexity index is 335. The molecule has 1 aromatic rings. The van der Waals surface area contributed by atoms with E-state index >= 15 is 0 Å². The minimum atomic E-state index is 0.0295. The molecule has 0 saturated heterocycles. The van der Waals surface area contributed by atoms with Gasteiger partial charge in [-0.3, -0.25) is 0 Å². The zero-order chi connectivity index (χ0) is 10.2. The second-order valence-corrected chi connectivity index (χ2v) is 4.76. The topological polar surface area (TPSA) is 40.5 Å². The van der Waals surface area contributed by atoms with E-state index in [0.717, 1.165) is 5.56 Å². The molecule has 0 aliphatic carbocycles. The minimum Gasteiger partial charge on any atom is -0.506 e. The van der Waals surface area contributed by atoms with Gasteiger partial charge in [-0.1, -0.05) is 13.8 Å². The van der Waals surface area contributed by atoms with Crippen molar-refractivity contribution in [3.63, 3.8) is 0 Å². The van der Waals surface area contributed by atoms with E-state index in [1.165, 1.54) is 0 Å². The van der Waals surface area contributed by atoms with E-state index in [0.29, 0.717) is 8.95 Å². The van der Waals surface area contributed by atoms with Crippen LogP contribution in [0.15, 0.2) is 15.0 Å². The summed E-state index contributed by atoms with van der Waals surface area (Å²) < 4.78 is 0.923. The highest BCUT2D eigenvalue weighted by molar-refractivity contribution is 9.11. The van der Waals surface area contributed by atoms with Crippen LogP contribution >= 0.6 is 31.9 Å². The summed E-state index contributed by atoms with van der Waals surface area (Å²) in [4.78, 5) is 0. The number of aromatic hydroxyl groups is 2. The summed E-state index contributed by atoms with van der Waals surface area (Å²) >= 11 is 6.33. The lowest BCUT2D eigenvalue weighted by molar-refractivity contribution is 0.436. The van der Waals surface area contributed by atoms with Gasteiger partial charge in [-0.25, -0.2) is 0 Å². The molecule has 0 bridgehead atoms. The van der Waals surface area contributed by atoms with Crippen molar-refractivity contribution in [2.24, 2.45) is 0 Å². The van der Waals surface area contributed by atoms with Crippen LogP contribution in [0.5, 0.6) is 11.5 Å². The average Bonchev–Trinajstić information content (AvgIpc) is 2.07. The lowest BCUT2D eigenvalue weighted by Crippen LogP contribution is -1.89. The summed E-state index contributed by atoms with van der Waals surface area (Å²) in [6.45, 7) is 3.95. The number of benzene rings is 1. The number of rotatable bonds is 1. The van der Waals surface area contributed by atoms with Crippen molar-refractivity contribution in [3.8, 4) is 11.5 Å². The third-order valence-corrected chi connectivity index (χ3v) is 3.18. The van der Waals surface area contributed by atoms with E-state index in [9.17, 15) is 10.2 Å². The van der Waals surface area contributed by atoms with E-state index in [1.54, 1.807) is 6.07 Å². The molecule has 1 rings (SSSR count). The molecule has 2 N–H and O–H groups in total. The number of hydrogen-bond acceptors (Lipinski definition) is 2. The van der Waals surface area contributed by atoms with E-state index in [-0.39, 0.29) is 17.4 Å². The molecule has 0 radical (unpaired) electrons. The highest BCUT2D eigenvalue weighted by atomic mass is 79.9. The average molecular weight is 310 g/mol. The highest BCUT2D eigenvalue weighted by Crippen LogP contribution is 2.43. The Labute approximate surface area is 93.8 Å². The Morgan fingerprint density at radius 3 is 2.15 bits per heavy atom. The SMILES string of the molecule is CC(C)c1cc(Br)c(O)c(Br)c1O. The standard InChI is InChI=1S/C9H10Br2O2/c1-4(2)5-3-6(10)9(13)7(11)8(5)12/h3-4,12-13H,1-2H3. The van der Waals surface area contributed by atoms with Gasteiger partial charge in [-0.2, -0.15) is 0 Å².